The second-order valence-corrected chi connectivity index (χ2v) is 5.68. The molecular formula is C14H15N3O2. The number of benzene rings is 1. The van der Waals surface area contributed by atoms with E-state index in [1.807, 2.05) is 6.07 Å². The van der Waals surface area contributed by atoms with Gasteiger partial charge in [0.25, 0.3) is 0 Å². The summed E-state index contributed by atoms with van der Waals surface area (Å²) in [6.07, 6.45) is 2.68. The fourth-order valence-corrected chi connectivity index (χ4v) is 2.35. The van der Waals surface area contributed by atoms with Crippen molar-refractivity contribution in [2.45, 2.75) is 26.3 Å². The molecule has 0 saturated heterocycles. The molecule has 1 saturated carbocycles. The molecule has 1 heterocycles. The molecule has 0 aliphatic heterocycles. The van der Waals surface area contributed by atoms with Crippen LogP contribution in [0.25, 0.3) is 10.9 Å². The minimum atomic E-state index is -0.332. The highest BCUT2D eigenvalue weighted by Gasteiger charge is 2.46. The number of anilines is 1. The van der Waals surface area contributed by atoms with Gasteiger partial charge < -0.3 is 5.32 Å². The van der Waals surface area contributed by atoms with Crippen molar-refractivity contribution in [2.24, 2.45) is 5.41 Å². The maximum absolute atomic E-state index is 11.3. The van der Waals surface area contributed by atoms with Crippen LogP contribution in [0.5, 0.6) is 0 Å². The molecule has 1 atom stereocenters. The van der Waals surface area contributed by atoms with Gasteiger partial charge in [-0.05, 0) is 36.1 Å². The van der Waals surface area contributed by atoms with Gasteiger partial charge in [-0.1, -0.05) is 13.8 Å². The molecule has 1 unspecified atom stereocenters. The highest BCUT2D eigenvalue weighted by molar-refractivity contribution is 5.94. The van der Waals surface area contributed by atoms with Crippen molar-refractivity contribution in [1.29, 1.82) is 0 Å². The number of fused-ring (bicyclic) bond motifs is 1. The highest BCUT2D eigenvalue weighted by Crippen LogP contribution is 2.48. The van der Waals surface area contributed by atoms with Crippen LogP contribution in [0, 0.1) is 15.5 Å². The van der Waals surface area contributed by atoms with Crippen molar-refractivity contribution in [1.82, 2.24) is 4.98 Å². The predicted octanol–water partition coefficient (Wildman–Crippen LogP) is 3.35. The summed E-state index contributed by atoms with van der Waals surface area (Å²) in [4.78, 5) is 15.2. The van der Waals surface area contributed by atoms with E-state index >= 15 is 0 Å². The lowest BCUT2D eigenvalue weighted by Crippen LogP contribution is -2.10. The van der Waals surface area contributed by atoms with E-state index in [0.717, 1.165) is 6.42 Å². The number of hydrogen-bond acceptors (Lipinski definition) is 4. The van der Waals surface area contributed by atoms with Crippen LogP contribution in [0.3, 0.4) is 0 Å². The van der Waals surface area contributed by atoms with Crippen LogP contribution in [0.15, 0.2) is 30.5 Å². The molecule has 0 bridgehead atoms. The summed E-state index contributed by atoms with van der Waals surface area (Å²) in [6.45, 7) is 4.30. The monoisotopic (exact) mass is 257 g/mol. The van der Waals surface area contributed by atoms with Gasteiger partial charge in [0.1, 0.15) is 5.69 Å². The average Bonchev–Trinajstić information content (AvgIpc) is 2.95. The molecule has 2 aromatic rings. The molecule has 1 fully saturated rings. The van der Waals surface area contributed by atoms with Crippen molar-refractivity contribution >= 4 is 22.3 Å². The number of nitrogens with one attached hydrogen (secondary N) is 1. The first kappa shape index (κ1) is 11.9. The number of nitro benzene ring substituents is 1. The molecule has 1 aromatic carbocycles. The molecule has 1 aliphatic rings. The van der Waals surface area contributed by atoms with E-state index in [-0.39, 0.29) is 16.0 Å². The molecule has 5 nitrogen and oxygen atoms in total. The first-order valence-corrected chi connectivity index (χ1v) is 6.28. The SMILES string of the molecule is CC1(C)CC1Nc1ccc2ncccc2c1[N+](=O)[O-]. The van der Waals surface area contributed by atoms with Gasteiger partial charge in [0.05, 0.1) is 15.8 Å². The number of pyridine rings is 1. The lowest BCUT2D eigenvalue weighted by Gasteiger charge is -2.10. The summed E-state index contributed by atoms with van der Waals surface area (Å²) >= 11 is 0. The largest absolute Gasteiger partial charge is 0.376 e. The standard InChI is InChI=1S/C14H15N3O2/c1-14(2)8-12(14)16-11-6-5-10-9(4-3-7-15-10)13(11)17(18)19/h3-7,12,16H,8H2,1-2H3. The fraction of sp³-hybridized carbons (Fsp3) is 0.357. The summed E-state index contributed by atoms with van der Waals surface area (Å²) in [5, 5.41) is 15.2. The Labute approximate surface area is 110 Å². The summed E-state index contributed by atoms with van der Waals surface area (Å²) in [7, 11) is 0. The van der Waals surface area contributed by atoms with Crippen molar-refractivity contribution in [3.8, 4) is 0 Å². The molecular weight excluding hydrogens is 242 g/mol. The number of nitro groups is 1. The fourth-order valence-electron chi connectivity index (χ4n) is 2.35. The van der Waals surface area contributed by atoms with E-state index in [0.29, 0.717) is 22.6 Å². The van der Waals surface area contributed by atoms with Crippen molar-refractivity contribution < 1.29 is 4.92 Å². The molecule has 19 heavy (non-hydrogen) atoms. The number of aromatic nitrogens is 1. The Morgan fingerprint density at radius 2 is 2.16 bits per heavy atom. The average molecular weight is 257 g/mol. The second kappa shape index (κ2) is 3.91. The number of rotatable bonds is 3. The number of hydrogen-bond donors (Lipinski definition) is 1. The minimum absolute atomic E-state index is 0.119. The van der Waals surface area contributed by atoms with E-state index in [1.54, 1.807) is 24.4 Å². The second-order valence-electron chi connectivity index (χ2n) is 5.68. The van der Waals surface area contributed by atoms with Gasteiger partial charge in [-0.3, -0.25) is 15.1 Å². The van der Waals surface area contributed by atoms with Crippen LogP contribution in [0.1, 0.15) is 20.3 Å². The summed E-state index contributed by atoms with van der Waals surface area (Å²) < 4.78 is 0. The third kappa shape index (κ3) is 2.01. The zero-order chi connectivity index (χ0) is 13.6. The maximum atomic E-state index is 11.3. The Hall–Kier alpha value is -2.17. The summed E-state index contributed by atoms with van der Waals surface area (Å²) in [6, 6.07) is 7.34. The van der Waals surface area contributed by atoms with Crippen molar-refractivity contribution in [2.75, 3.05) is 5.32 Å². The molecule has 1 aromatic heterocycles. The smallest absolute Gasteiger partial charge is 0.301 e. The third-order valence-corrected chi connectivity index (χ3v) is 3.78. The van der Waals surface area contributed by atoms with Gasteiger partial charge in [0, 0.05) is 12.2 Å². The lowest BCUT2D eigenvalue weighted by atomic mass is 10.1. The van der Waals surface area contributed by atoms with E-state index in [1.165, 1.54) is 0 Å². The Kier molecular flexibility index (Phi) is 2.45. The quantitative estimate of drug-likeness (QED) is 0.676. The predicted molar refractivity (Wildman–Crippen MR) is 74.2 cm³/mol. The first-order chi connectivity index (χ1) is 8.99. The van der Waals surface area contributed by atoms with E-state index < -0.39 is 0 Å². The van der Waals surface area contributed by atoms with Gasteiger partial charge >= 0.3 is 5.69 Å². The highest BCUT2D eigenvalue weighted by atomic mass is 16.6. The number of nitrogens with zero attached hydrogens (tertiary/aromatic N) is 2. The van der Waals surface area contributed by atoms with Gasteiger partial charge in [-0.15, -0.1) is 0 Å². The van der Waals surface area contributed by atoms with E-state index in [4.69, 9.17) is 0 Å². The van der Waals surface area contributed by atoms with Gasteiger partial charge in [-0.25, -0.2) is 0 Å². The van der Waals surface area contributed by atoms with Crippen LogP contribution < -0.4 is 5.32 Å². The van der Waals surface area contributed by atoms with Crippen LogP contribution >= 0.6 is 0 Å². The molecule has 5 heteroatoms. The molecule has 0 amide bonds. The normalized spacial score (nSPS) is 20.2. The summed E-state index contributed by atoms with van der Waals surface area (Å²) in [5.41, 5.74) is 1.57. The van der Waals surface area contributed by atoms with Crippen molar-refractivity contribution in [3.05, 3.63) is 40.6 Å². The van der Waals surface area contributed by atoms with Crippen LogP contribution in [-0.2, 0) is 0 Å². The zero-order valence-corrected chi connectivity index (χ0v) is 10.9. The van der Waals surface area contributed by atoms with Crippen LogP contribution in [0.2, 0.25) is 0 Å². The van der Waals surface area contributed by atoms with Crippen molar-refractivity contribution in [3.63, 3.8) is 0 Å². The topological polar surface area (TPSA) is 68.1 Å². The Balaban J connectivity index is 2.09. The van der Waals surface area contributed by atoms with Crippen LogP contribution in [0.4, 0.5) is 11.4 Å². The minimum Gasteiger partial charge on any atom is -0.376 e. The zero-order valence-electron chi connectivity index (χ0n) is 10.9. The Morgan fingerprint density at radius 1 is 1.42 bits per heavy atom. The Bertz CT molecular complexity index is 667. The maximum Gasteiger partial charge on any atom is 0.301 e. The first-order valence-electron chi connectivity index (χ1n) is 6.28. The molecule has 98 valence electrons. The molecule has 0 radical (unpaired) electrons. The van der Waals surface area contributed by atoms with Gasteiger partial charge in [0.15, 0.2) is 0 Å². The van der Waals surface area contributed by atoms with Crippen LogP contribution in [-0.4, -0.2) is 15.9 Å². The molecule has 1 aliphatic carbocycles. The van der Waals surface area contributed by atoms with Gasteiger partial charge in [-0.2, -0.15) is 0 Å². The molecule has 0 spiro atoms. The summed E-state index contributed by atoms with van der Waals surface area (Å²) in [5.74, 6) is 0. The van der Waals surface area contributed by atoms with Gasteiger partial charge in [0.2, 0.25) is 0 Å². The van der Waals surface area contributed by atoms with E-state index in [2.05, 4.69) is 24.1 Å². The Morgan fingerprint density at radius 3 is 2.79 bits per heavy atom. The molecule has 3 rings (SSSR count). The lowest BCUT2D eigenvalue weighted by molar-refractivity contribution is -0.382. The van der Waals surface area contributed by atoms with E-state index in [9.17, 15) is 10.1 Å². The molecule has 1 N–H and O–H groups in total. The third-order valence-electron chi connectivity index (χ3n) is 3.78.